The molecule has 1 fully saturated rings. The lowest BCUT2D eigenvalue weighted by atomic mass is 9.75. The molecule has 1 aliphatic carbocycles. The van der Waals surface area contributed by atoms with Gasteiger partial charge in [0.05, 0.1) is 32.8 Å². The Hall–Kier alpha value is -5.06. The van der Waals surface area contributed by atoms with E-state index in [2.05, 4.69) is 10.6 Å². The van der Waals surface area contributed by atoms with Gasteiger partial charge >= 0.3 is 0 Å². The Morgan fingerprint density at radius 2 is 1.42 bits per heavy atom. The number of rotatable bonds is 12. The minimum Gasteiger partial charge on any atom is -0.497 e. The number of nitrogens with one attached hydrogen (secondary N) is 2. The van der Waals surface area contributed by atoms with Crippen LogP contribution in [0.2, 0.25) is 0 Å². The van der Waals surface area contributed by atoms with Gasteiger partial charge in [0, 0.05) is 36.7 Å². The zero-order valence-electron chi connectivity index (χ0n) is 27.1. The maximum atomic E-state index is 14.5. The highest BCUT2D eigenvalue weighted by Crippen LogP contribution is 2.68. The number of aliphatic hydroxyl groups is 2. The second-order valence-electron chi connectivity index (χ2n) is 12.0. The molecular formula is C38H40N2O8. The van der Waals surface area contributed by atoms with Crippen LogP contribution in [0.4, 0.5) is 0 Å². The Kier molecular flexibility index (Phi) is 9.30. The lowest BCUT2D eigenvalue weighted by Gasteiger charge is -2.45. The fourth-order valence-electron chi connectivity index (χ4n) is 7.25. The highest BCUT2D eigenvalue weighted by atomic mass is 16.5. The summed E-state index contributed by atoms with van der Waals surface area (Å²) in [4.78, 5) is 26.9. The number of benzene rings is 4. The SMILES string of the molecule is COc1ccc([C@]23Oc4cc(OC)cc(OC)c4[C@](O)([C@@H](C(=O)NCCCCNC(=O)c4ccccc4)[C@@H]2c2ccccc2)[C@@H]3O)cc1. The second kappa shape index (κ2) is 13.6. The van der Waals surface area contributed by atoms with Crippen molar-refractivity contribution in [2.75, 3.05) is 34.4 Å². The minimum atomic E-state index is -2.14. The van der Waals surface area contributed by atoms with E-state index in [-0.39, 0.29) is 29.5 Å². The molecule has 0 aromatic heterocycles. The van der Waals surface area contributed by atoms with E-state index in [1.54, 1.807) is 55.6 Å². The number of carbonyl (C=O) groups excluding carboxylic acids is 2. The van der Waals surface area contributed by atoms with Gasteiger partial charge in [-0.3, -0.25) is 9.59 Å². The van der Waals surface area contributed by atoms with Crippen LogP contribution in [0.25, 0.3) is 0 Å². The summed E-state index contributed by atoms with van der Waals surface area (Å²) in [7, 11) is 4.52. The molecule has 4 aromatic carbocycles. The zero-order chi connectivity index (χ0) is 33.9. The van der Waals surface area contributed by atoms with Gasteiger partial charge in [-0.15, -0.1) is 0 Å². The van der Waals surface area contributed by atoms with E-state index in [1.807, 2.05) is 48.5 Å². The molecule has 2 aliphatic rings. The van der Waals surface area contributed by atoms with Crippen molar-refractivity contribution in [1.82, 2.24) is 10.6 Å². The molecule has 4 aromatic rings. The first-order chi connectivity index (χ1) is 23.3. The van der Waals surface area contributed by atoms with E-state index in [1.165, 1.54) is 14.2 Å². The second-order valence-corrected chi connectivity index (χ2v) is 12.0. The number of aliphatic hydroxyl groups excluding tert-OH is 1. The van der Waals surface area contributed by atoms with Crippen molar-refractivity contribution in [3.8, 4) is 23.0 Å². The fourth-order valence-corrected chi connectivity index (χ4v) is 7.25. The summed E-state index contributed by atoms with van der Waals surface area (Å²) in [5, 5.41) is 31.3. The lowest BCUT2D eigenvalue weighted by molar-refractivity contribution is -0.162. The van der Waals surface area contributed by atoms with Gasteiger partial charge in [-0.2, -0.15) is 0 Å². The van der Waals surface area contributed by atoms with Gasteiger partial charge < -0.3 is 39.8 Å². The van der Waals surface area contributed by atoms with Crippen LogP contribution in [0.1, 0.15) is 45.8 Å². The molecule has 6 rings (SSSR count). The Morgan fingerprint density at radius 3 is 2.04 bits per heavy atom. The summed E-state index contributed by atoms with van der Waals surface area (Å²) >= 11 is 0. The molecule has 2 amide bonds. The number of fused-ring (bicyclic) bond motifs is 4. The molecule has 0 spiro atoms. The third-order valence-corrected chi connectivity index (χ3v) is 9.47. The summed E-state index contributed by atoms with van der Waals surface area (Å²) in [5.74, 6) is -1.19. The Morgan fingerprint density at radius 1 is 0.792 bits per heavy atom. The number of hydrogen-bond donors (Lipinski definition) is 4. The van der Waals surface area contributed by atoms with Crippen LogP contribution in [-0.4, -0.2) is 62.6 Å². The van der Waals surface area contributed by atoms with Gasteiger partial charge in [0.25, 0.3) is 5.91 Å². The van der Waals surface area contributed by atoms with E-state index in [4.69, 9.17) is 18.9 Å². The predicted molar refractivity (Wildman–Crippen MR) is 178 cm³/mol. The molecular weight excluding hydrogens is 612 g/mol. The van der Waals surface area contributed by atoms with Gasteiger partial charge in [0.15, 0.2) is 5.60 Å². The Labute approximate surface area is 279 Å². The van der Waals surface area contributed by atoms with E-state index < -0.39 is 35.0 Å². The molecule has 0 unspecified atom stereocenters. The first kappa shape index (κ1) is 32.9. The molecule has 5 atom stereocenters. The third-order valence-electron chi connectivity index (χ3n) is 9.47. The molecule has 2 bridgehead atoms. The van der Waals surface area contributed by atoms with Crippen LogP contribution in [0, 0.1) is 5.92 Å². The molecule has 10 nitrogen and oxygen atoms in total. The van der Waals surface area contributed by atoms with Crippen molar-refractivity contribution in [1.29, 1.82) is 0 Å². The van der Waals surface area contributed by atoms with Crippen molar-refractivity contribution in [3.63, 3.8) is 0 Å². The number of amides is 2. The zero-order valence-corrected chi connectivity index (χ0v) is 27.1. The van der Waals surface area contributed by atoms with E-state index in [9.17, 15) is 19.8 Å². The summed E-state index contributed by atoms with van der Waals surface area (Å²) < 4.78 is 23.5. The standard InChI is InChI=1S/C38H40N2O8/c1-45-27-18-16-26(17-19-27)38-31(24-12-6-4-7-13-24)33(35(42)40-21-11-10-20-39-34(41)25-14-8-5-9-15-25)37(44,36(38)43)32-29(47-3)22-28(46-2)23-30(32)48-38/h4-9,12-19,22-23,31,33,36,43-44H,10-11,20-21H2,1-3H3,(H,39,41)(H,40,42)/t31-,33+,36-,37-,38-/m0/s1. The van der Waals surface area contributed by atoms with E-state index in [0.29, 0.717) is 47.6 Å². The Bertz CT molecular complexity index is 1750. The Balaban J connectivity index is 1.36. The topological polar surface area (TPSA) is 136 Å². The summed E-state index contributed by atoms with van der Waals surface area (Å²) in [6.07, 6.45) is -0.405. The quantitative estimate of drug-likeness (QED) is 0.167. The molecule has 48 heavy (non-hydrogen) atoms. The van der Waals surface area contributed by atoms with Gasteiger partial charge in [-0.1, -0.05) is 60.7 Å². The van der Waals surface area contributed by atoms with Crippen LogP contribution < -0.4 is 29.6 Å². The van der Waals surface area contributed by atoms with Gasteiger partial charge in [0.2, 0.25) is 5.91 Å². The molecule has 4 N–H and O–H groups in total. The number of ether oxygens (including phenoxy) is 4. The molecule has 250 valence electrons. The number of unbranched alkanes of at least 4 members (excludes halogenated alkanes) is 1. The van der Waals surface area contributed by atoms with Crippen LogP contribution in [0.15, 0.2) is 97.1 Å². The molecule has 0 radical (unpaired) electrons. The molecule has 10 heteroatoms. The van der Waals surface area contributed by atoms with Crippen LogP contribution in [0.5, 0.6) is 23.0 Å². The molecule has 1 aliphatic heterocycles. The summed E-state index contributed by atoms with van der Waals surface area (Å²) in [6.45, 7) is 0.719. The first-order valence-corrected chi connectivity index (χ1v) is 16.0. The number of carbonyl (C=O) groups is 2. The average Bonchev–Trinajstić information content (AvgIpc) is 3.25. The van der Waals surface area contributed by atoms with Crippen LogP contribution in [-0.2, 0) is 16.0 Å². The summed E-state index contributed by atoms with van der Waals surface area (Å²) in [5.41, 5.74) is -1.73. The molecule has 0 saturated heterocycles. The predicted octanol–water partition coefficient (Wildman–Crippen LogP) is 4.29. The van der Waals surface area contributed by atoms with Crippen molar-refractivity contribution < 1.29 is 38.7 Å². The number of hydrogen-bond acceptors (Lipinski definition) is 8. The summed E-state index contributed by atoms with van der Waals surface area (Å²) in [6, 6.07) is 28.6. The monoisotopic (exact) mass is 652 g/mol. The third kappa shape index (κ3) is 5.50. The minimum absolute atomic E-state index is 0.159. The van der Waals surface area contributed by atoms with Crippen LogP contribution >= 0.6 is 0 Å². The maximum Gasteiger partial charge on any atom is 0.251 e. The van der Waals surface area contributed by atoms with Crippen molar-refractivity contribution in [2.24, 2.45) is 5.92 Å². The lowest BCUT2D eigenvalue weighted by Crippen LogP contribution is -2.55. The average molecular weight is 653 g/mol. The highest BCUT2D eigenvalue weighted by molar-refractivity contribution is 5.94. The van der Waals surface area contributed by atoms with Crippen molar-refractivity contribution in [3.05, 3.63) is 119 Å². The normalized spacial score (nSPS) is 23.7. The molecule has 1 saturated carbocycles. The number of methoxy groups -OCH3 is 3. The highest BCUT2D eigenvalue weighted by Gasteiger charge is 2.76. The smallest absolute Gasteiger partial charge is 0.251 e. The van der Waals surface area contributed by atoms with E-state index in [0.717, 1.165) is 0 Å². The maximum absolute atomic E-state index is 14.5. The van der Waals surface area contributed by atoms with Crippen molar-refractivity contribution in [2.45, 2.75) is 36.1 Å². The van der Waals surface area contributed by atoms with Gasteiger partial charge in [0.1, 0.15) is 34.7 Å². The largest absolute Gasteiger partial charge is 0.497 e. The van der Waals surface area contributed by atoms with Gasteiger partial charge in [-0.05, 0) is 48.2 Å². The fraction of sp³-hybridized carbons (Fsp3) is 0.316. The molecule has 1 heterocycles. The van der Waals surface area contributed by atoms with Gasteiger partial charge in [-0.25, -0.2) is 0 Å². The van der Waals surface area contributed by atoms with E-state index >= 15 is 0 Å². The van der Waals surface area contributed by atoms with Crippen molar-refractivity contribution >= 4 is 11.8 Å². The first-order valence-electron chi connectivity index (χ1n) is 16.0. The van der Waals surface area contributed by atoms with Crippen LogP contribution in [0.3, 0.4) is 0 Å².